The summed E-state index contributed by atoms with van der Waals surface area (Å²) in [5.74, 6) is 0. The Morgan fingerprint density at radius 1 is 1.21 bits per heavy atom. The number of piperazine rings is 1. The summed E-state index contributed by atoms with van der Waals surface area (Å²) < 4.78 is 33.1. The molecule has 0 aromatic carbocycles. The zero-order valence-electron chi connectivity index (χ0n) is 13.9. The second kappa shape index (κ2) is 7.99. The van der Waals surface area contributed by atoms with E-state index in [2.05, 4.69) is 16.7 Å². The van der Waals surface area contributed by atoms with Crippen LogP contribution >= 0.6 is 22.9 Å². The predicted molar refractivity (Wildman–Crippen MR) is 96.4 cm³/mol. The number of hydrogen-bond acceptors (Lipinski definition) is 6. The number of hydrogen-bond donors (Lipinski definition) is 0. The summed E-state index contributed by atoms with van der Waals surface area (Å²) in [7, 11) is -3.40. The first-order valence-corrected chi connectivity index (χ1v) is 10.9. The number of rotatable bonds is 5. The first-order valence-electron chi connectivity index (χ1n) is 8.26. The van der Waals surface area contributed by atoms with Gasteiger partial charge in [-0.25, -0.2) is 8.42 Å². The van der Waals surface area contributed by atoms with Crippen molar-refractivity contribution in [1.82, 2.24) is 14.1 Å². The molecule has 0 amide bonds. The molecule has 2 fully saturated rings. The fraction of sp³-hybridized carbons (Fsp3) is 0.733. The third-order valence-electron chi connectivity index (χ3n) is 4.68. The van der Waals surface area contributed by atoms with Crippen molar-refractivity contribution >= 4 is 33.0 Å². The molecule has 1 aromatic rings. The quantitative estimate of drug-likeness (QED) is 0.757. The molecule has 6 nitrogen and oxygen atoms in total. The van der Waals surface area contributed by atoms with E-state index < -0.39 is 10.0 Å². The number of sulfonamides is 1. The molecule has 0 N–H and O–H groups in total. The van der Waals surface area contributed by atoms with Crippen LogP contribution < -0.4 is 0 Å². The third-order valence-corrected chi connectivity index (χ3v) is 8.28. The summed E-state index contributed by atoms with van der Waals surface area (Å²) in [6.07, 6.45) is 0. The standard InChI is InChI=1S/C15H24ClN3O3S2/c1-13-12-22-11-10-18(13)7-4-17-5-8-19(9-6-17)24(20,21)15-3-2-14(16)23-15/h2-3,13H,4-12H2,1H3. The zero-order valence-corrected chi connectivity index (χ0v) is 16.2. The van der Waals surface area contributed by atoms with E-state index in [1.807, 2.05) is 0 Å². The Morgan fingerprint density at radius 2 is 1.96 bits per heavy atom. The Balaban J connectivity index is 1.49. The molecule has 1 aromatic heterocycles. The number of nitrogens with zero attached hydrogens (tertiary/aromatic N) is 3. The van der Waals surface area contributed by atoms with Crippen LogP contribution in [0.1, 0.15) is 6.92 Å². The second-order valence-corrected chi connectivity index (χ2v) is 10.1. The Labute approximate surface area is 153 Å². The minimum atomic E-state index is -3.40. The van der Waals surface area contributed by atoms with Crippen molar-refractivity contribution in [3.05, 3.63) is 16.5 Å². The van der Waals surface area contributed by atoms with E-state index in [1.54, 1.807) is 16.4 Å². The van der Waals surface area contributed by atoms with Crippen LogP contribution in [-0.4, -0.2) is 87.6 Å². The van der Waals surface area contributed by atoms with Crippen LogP contribution in [-0.2, 0) is 14.8 Å². The average Bonchev–Trinajstić information content (AvgIpc) is 3.02. The Hall–Kier alpha value is -0.220. The summed E-state index contributed by atoms with van der Waals surface area (Å²) in [5, 5.41) is 0. The molecular weight excluding hydrogens is 370 g/mol. The van der Waals surface area contributed by atoms with Crippen LogP contribution in [0.2, 0.25) is 4.34 Å². The van der Waals surface area contributed by atoms with Crippen molar-refractivity contribution in [2.75, 3.05) is 59.0 Å². The summed E-state index contributed by atoms with van der Waals surface area (Å²) in [6, 6.07) is 3.69. The average molecular weight is 394 g/mol. The molecule has 0 radical (unpaired) electrons. The van der Waals surface area contributed by atoms with Crippen molar-refractivity contribution in [2.45, 2.75) is 17.2 Å². The van der Waals surface area contributed by atoms with Gasteiger partial charge in [0, 0.05) is 51.9 Å². The smallest absolute Gasteiger partial charge is 0.252 e. The summed E-state index contributed by atoms with van der Waals surface area (Å²) in [4.78, 5) is 4.79. The van der Waals surface area contributed by atoms with Gasteiger partial charge in [0.05, 0.1) is 17.6 Å². The van der Waals surface area contributed by atoms with Crippen molar-refractivity contribution in [1.29, 1.82) is 0 Å². The monoisotopic (exact) mass is 393 g/mol. The maximum absolute atomic E-state index is 12.6. The highest BCUT2D eigenvalue weighted by atomic mass is 35.5. The molecule has 0 aliphatic carbocycles. The van der Waals surface area contributed by atoms with Gasteiger partial charge < -0.3 is 4.74 Å². The van der Waals surface area contributed by atoms with Crippen molar-refractivity contribution in [3.63, 3.8) is 0 Å². The van der Waals surface area contributed by atoms with Gasteiger partial charge in [0.1, 0.15) is 4.21 Å². The molecule has 136 valence electrons. The minimum Gasteiger partial charge on any atom is -0.379 e. The highest BCUT2D eigenvalue weighted by Gasteiger charge is 2.30. The maximum Gasteiger partial charge on any atom is 0.252 e. The van der Waals surface area contributed by atoms with Gasteiger partial charge >= 0.3 is 0 Å². The summed E-state index contributed by atoms with van der Waals surface area (Å²) in [6.45, 7) is 9.39. The lowest BCUT2D eigenvalue weighted by atomic mass is 10.2. The lowest BCUT2D eigenvalue weighted by Crippen LogP contribution is -2.52. The Morgan fingerprint density at radius 3 is 2.58 bits per heavy atom. The third kappa shape index (κ3) is 4.30. The van der Waals surface area contributed by atoms with Gasteiger partial charge in [-0.3, -0.25) is 9.80 Å². The molecule has 24 heavy (non-hydrogen) atoms. The summed E-state index contributed by atoms with van der Waals surface area (Å²) in [5.41, 5.74) is 0. The van der Waals surface area contributed by atoms with Gasteiger partial charge in [-0.05, 0) is 19.1 Å². The van der Waals surface area contributed by atoms with Gasteiger partial charge in [-0.15, -0.1) is 11.3 Å². The van der Waals surface area contributed by atoms with Crippen LogP contribution in [0.5, 0.6) is 0 Å². The molecule has 1 unspecified atom stereocenters. The zero-order chi connectivity index (χ0) is 17.2. The maximum atomic E-state index is 12.6. The minimum absolute atomic E-state index is 0.336. The van der Waals surface area contributed by atoms with Gasteiger partial charge in [0.15, 0.2) is 0 Å². The molecular formula is C15H24ClN3O3S2. The van der Waals surface area contributed by atoms with E-state index in [0.717, 1.165) is 57.3 Å². The molecule has 2 saturated heterocycles. The second-order valence-electron chi connectivity index (χ2n) is 6.26. The molecule has 3 heterocycles. The van der Waals surface area contributed by atoms with Crippen molar-refractivity contribution in [3.8, 4) is 0 Å². The van der Waals surface area contributed by atoms with Crippen LogP contribution in [0.3, 0.4) is 0 Å². The van der Waals surface area contributed by atoms with Gasteiger partial charge in [-0.1, -0.05) is 11.6 Å². The van der Waals surface area contributed by atoms with Gasteiger partial charge in [0.2, 0.25) is 0 Å². The molecule has 0 saturated carbocycles. The van der Waals surface area contributed by atoms with Crippen LogP contribution in [0, 0.1) is 0 Å². The Bertz CT molecular complexity index is 644. The molecule has 1 atom stereocenters. The van der Waals surface area contributed by atoms with E-state index in [-0.39, 0.29) is 0 Å². The van der Waals surface area contributed by atoms with E-state index >= 15 is 0 Å². The largest absolute Gasteiger partial charge is 0.379 e. The van der Waals surface area contributed by atoms with E-state index in [1.165, 1.54) is 0 Å². The van der Waals surface area contributed by atoms with E-state index in [4.69, 9.17) is 16.3 Å². The SMILES string of the molecule is CC1COCCN1CCN1CCN(S(=O)(=O)c2ccc(Cl)s2)CC1. The Kier molecular flexibility index (Phi) is 6.18. The first kappa shape index (κ1) is 18.6. The fourth-order valence-electron chi connectivity index (χ4n) is 3.12. The number of ether oxygens (including phenoxy) is 1. The molecule has 2 aliphatic heterocycles. The number of thiophene rings is 1. The first-order chi connectivity index (χ1) is 11.5. The van der Waals surface area contributed by atoms with E-state index in [0.29, 0.717) is 27.7 Å². The molecule has 0 bridgehead atoms. The van der Waals surface area contributed by atoms with Crippen LogP contribution in [0.15, 0.2) is 16.3 Å². The molecule has 9 heteroatoms. The highest BCUT2D eigenvalue weighted by Crippen LogP contribution is 2.28. The lowest BCUT2D eigenvalue weighted by molar-refractivity contribution is -0.00507. The topological polar surface area (TPSA) is 53.1 Å². The normalized spacial score (nSPS) is 25.2. The van der Waals surface area contributed by atoms with Crippen molar-refractivity contribution in [2.24, 2.45) is 0 Å². The van der Waals surface area contributed by atoms with Crippen LogP contribution in [0.25, 0.3) is 0 Å². The molecule has 2 aliphatic rings. The predicted octanol–water partition coefficient (Wildman–Crippen LogP) is 1.43. The van der Waals surface area contributed by atoms with Crippen molar-refractivity contribution < 1.29 is 13.2 Å². The van der Waals surface area contributed by atoms with E-state index in [9.17, 15) is 8.42 Å². The van der Waals surface area contributed by atoms with Crippen LogP contribution in [0.4, 0.5) is 0 Å². The highest BCUT2D eigenvalue weighted by molar-refractivity contribution is 7.91. The molecule has 0 spiro atoms. The number of halogens is 1. The summed E-state index contributed by atoms with van der Waals surface area (Å²) >= 11 is 6.99. The van der Waals surface area contributed by atoms with Gasteiger partial charge in [0.25, 0.3) is 10.0 Å². The van der Waals surface area contributed by atoms with Gasteiger partial charge in [-0.2, -0.15) is 4.31 Å². The number of morpholine rings is 1. The molecule has 3 rings (SSSR count). The fourth-order valence-corrected chi connectivity index (χ4v) is 6.18. The lowest BCUT2D eigenvalue weighted by Gasteiger charge is -2.37.